The number of carbonyl (C=O) groups excluding carboxylic acids is 1. The highest BCUT2D eigenvalue weighted by Gasteiger charge is 2.09. The number of rotatable bonds is 8. The van der Waals surface area contributed by atoms with Gasteiger partial charge in [0.05, 0.1) is 13.0 Å². The summed E-state index contributed by atoms with van der Waals surface area (Å²) in [6.07, 6.45) is 2.31. The first-order valence-electron chi connectivity index (χ1n) is 7.98. The molecule has 2 aromatic rings. The maximum atomic E-state index is 11.9. The highest BCUT2D eigenvalue weighted by atomic mass is 16.5. The number of carbonyl (C=O) groups is 1. The first kappa shape index (κ1) is 17.8. The van der Waals surface area contributed by atoms with Crippen LogP contribution in [0.15, 0.2) is 51.9 Å². The topological polar surface area (TPSA) is 65.7 Å². The summed E-state index contributed by atoms with van der Waals surface area (Å²) < 4.78 is 15.8. The number of esters is 1. The summed E-state index contributed by atoms with van der Waals surface area (Å²) in [5.41, 5.74) is 0.594. The molecule has 0 fully saturated rings. The zero-order chi connectivity index (χ0) is 17.4. The number of hydrogen-bond acceptors (Lipinski definition) is 5. The van der Waals surface area contributed by atoms with Crippen LogP contribution in [0.25, 0.3) is 0 Å². The lowest BCUT2D eigenvalue weighted by Gasteiger charge is -2.08. The average molecular weight is 330 g/mol. The predicted octanol–water partition coefficient (Wildman–Crippen LogP) is 3.35. The maximum Gasteiger partial charge on any atom is 0.310 e. The second-order valence-electron chi connectivity index (χ2n) is 5.93. The van der Waals surface area contributed by atoms with Crippen LogP contribution in [0, 0.1) is 5.92 Å². The Bertz CT molecular complexity index is 703. The molecule has 0 aliphatic heterocycles. The number of hydrogen-bond donors (Lipinski definition) is 0. The van der Waals surface area contributed by atoms with Crippen LogP contribution in [0.2, 0.25) is 0 Å². The molecular weight excluding hydrogens is 308 g/mol. The molecule has 0 aliphatic carbocycles. The average Bonchev–Trinajstić information content (AvgIpc) is 2.55. The summed E-state index contributed by atoms with van der Waals surface area (Å²) in [5, 5.41) is 0. The van der Waals surface area contributed by atoms with Crippen LogP contribution in [-0.2, 0) is 22.6 Å². The van der Waals surface area contributed by atoms with Crippen LogP contribution >= 0.6 is 0 Å². The van der Waals surface area contributed by atoms with Crippen molar-refractivity contribution in [2.24, 2.45) is 5.92 Å². The van der Waals surface area contributed by atoms with Crippen molar-refractivity contribution in [1.29, 1.82) is 0 Å². The smallest absolute Gasteiger partial charge is 0.310 e. The van der Waals surface area contributed by atoms with Gasteiger partial charge in [0.1, 0.15) is 18.6 Å². The Kier molecular flexibility index (Phi) is 6.61. The minimum Gasteiger partial charge on any atom is -0.487 e. The monoisotopic (exact) mass is 330 g/mol. The Morgan fingerprint density at radius 2 is 1.96 bits per heavy atom. The van der Waals surface area contributed by atoms with E-state index in [2.05, 4.69) is 13.8 Å². The van der Waals surface area contributed by atoms with E-state index in [1.165, 1.54) is 12.3 Å². The molecule has 5 nitrogen and oxygen atoms in total. The lowest BCUT2D eigenvalue weighted by molar-refractivity contribution is -0.144. The van der Waals surface area contributed by atoms with Gasteiger partial charge in [-0.2, -0.15) is 0 Å². The van der Waals surface area contributed by atoms with Gasteiger partial charge in [-0.1, -0.05) is 44.2 Å². The zero-order valence-electron chi connectivity index (χ0n) is 14.0. The van der Waals surface area contributed by atoms with Gasteiger partial charge in [0, 0.05) is 6.07 Å². The molecule has 128 valence electrons. The second-order valence-corrected chi connectivity index (χ2v) is 5.93. The molecular formula is C19H22O5. The van der Waals surface area contributed by atoms with Gasteiger partial charge >= 0.3 is 5.97 Å². The normalized spacial score (nSPS) is 10.6. The van der Waals surface area contributed by atoms with Crippen LogP contribution in [0.4, 0.5) is 0 Å². The van der Waals surface area contributed by atoms with Crippen LogP contribution in [0.5, 0.6) is 5.75 Å². The first-order valence-corrected chi connectivity index (χ1v) is 7.98. The Morgan fingerprint density at radius 3 is 2.62 bits per heavy atom. The Hall–Kier alpha value is -2.56. The molecule has 0 spiro atoms. The van der Waals surface area contributed by atoms with E-state index in [1.807, 2.05) is 30.3 Å². The molecule has 0 radical (unpaired) electrons. The van der Waals surface area contributed by atoms with E-state index in [0.29, 0.717) is 12.5 Å². The highest BCUT2D eigenvalue weighted by Crippen LogP contribution is 2.09. The molecule has 0 atom stereocenters. The third kappa shape index (κ3) is 5.91. The van der Waals surface area contributed by atoms with Crippen LogP contribution in [0.1, 0.15) is 31.6 Å². The molecule has 1 aromatic carbocycles. The summed E-state index contributed by atoms with van der Waals surface area (Å²) in [7, 11) is 0. The van der Waals surface area contributed by atoms with E-state index in [0.717, 1.165) is 12.0 Å². The third-order valence-electron chi connectivity index (χ3n) is 3.37. The van der Waals surface area contributed by atoms with Crippen LogP contribution in [-0.4, -0.2) is 12.6 Å². The van der Waals surface area contributed by atoms with Gasteiger partial charge in [-0.15, -0.1) is 0 Å². The molecule has 1 aromatic heterocycles. The van der Waals surface area contributed by atoms with E-state index in [-0.39, 0.29) is 35.9 Å². The highest BCUT2D eigenvalue weighted by molar-refractivity contribution is 5.72. The summed E-state index contributed by atoms with van der Waals surface area (Å²) >= 11 is 0. The number of ether oxygens (including phenoxy) is 2. The minimum absolute atomic E-state index is 0.0762. The van der Waals surface area contributed by atoms with Gasteiger partial charge in [-0.3, -0.25) is 9.59 Å². The lowest BCUT2D eigenvalue weighted by Crippen LogP contribution is -2.12. The van der Waals surface area contributed by atoms with E-state index < -0.39 is 0 Å². The van der Waals surface area contributed by atoms with Gasteiger partial charge < -0.3 is 13.9 Å². The van der Waals surface area contributed by atoms with Crippen molar-refractivity contribution in [3.05, 3.63) is 64.2 Å². The predicted molar refractivity (Wildman–Crippen MR) is 89.9 cm³/mol. The fourth-order valence-electron chi connectivity index (χ4n) is 1.99. The van der Waals surface area contributed by atoms with Gasteiger partial charge in [0.25, 0.3) is 0 Å². The van der Waals surface area contributed by atoms with Crippen molar-refractivity contribution in [3.63, 3.8) is 0 Å². The van der Waals surface area contributed by atoms with E-state index in [9.17, 15) is 9.59 Å². The SMILES string of the molecule is CC(C)CCOc1coc(COC(=O)Cc2ccccc2)cc1=O. The molecule has 24 heavy (non-hydrogen) atoms. The van der Waals surface area contributed by atoms with Crippen molar-refractivity contribution in [3.8, 4) is 5.75 Å². The molecule has 0 saturated heterocycles. The molecule has 0 aliphatic rings. The molecule has 2 rings (SSSR count). The Labute approximate surface area is 141 Å². The van der Waals surface area contributed by atoms with Crippen LogP contribution < -0.4 is 10.2 Å². The minimum atomic E-state index is -0.374. The van der Waals surface area contributed by atoms with Crippen LogP contribution in [0.3, 0.4) is 0 Å². The van der Waals surface area contributed by atoms with E-state index in [4.69, 9.17) is 13.9 Å². The Morgan fingerprint density at radius 1 is 1.21 bits per heavy atom. The summed E-state index contributed by atoms with van der Waals surface area (Å²) in [6.45, 7) is 4.55. The maximum absolute atomic E-state index is 11.9. The van der Waals surface area contributed by atoms with Gasteiger partial charge in [-0.05, 0) is 17.9 Å². The molecule has 1 heterocycles. The molecule has 0 saturated carbocycles. The second kappa shape index (κ2) is 8.91. The lowest BCUT2D eigenvalue weighted by atomic mass is 10.1. The third-order valence-corrected chi connectivity index (χ3v) is 3.37. The van der Waals surface area contributed by atoms with Crippen molar-refractivity contribution in [2.75, 3.05) is 6.61 Å². The fraction of sp³-hybridized carbons (Fsp3) is 0.368. The quantitative estimate of drug-likeness (QED) is 0.695. The van der Waals surface area contributed by atoms with E-state index in [1.54, 1.807) is 0 Å². The van der Waals surface area contributed by atoms with Gasteiger partial charge in [0.15, 0.2) is 0 Å². The first-order chi connectivity index (χ1) is 11.5. The fourth-order valence-corrected chi connectivity index (χ4v) is 1.99. The standard InChI is InChI=1S/C19H22O5/c1-14(2)8-9-22-18-13-23-16(11-17(18)20)12-24-19(21)10-15-6-4-3-5-7-15/h3-7,11,13-14H,8-10,12H2,1-2H3. The van der Waals surface area contributed by atoms with Crippen molar-refractivity contribution < 1.29 is 18.7 Å². The summed E-state index contributed by atoms with van der Waals surface area (Å²) in [6, 6.07) is 10.6. The zero-order valence-corrected chi connectivity index (χ0v) is 14.0. The molecule has 5 heteroatoms. The molecule has 0 bridgehead atoms. The van der Waals surface area contributed by atoms with Gasteiger partial charge in [-0.25, -0.2) is 0 Å². The summed E-state index contributed by atoms with van der Waals surface area (Å²) in [4.78, 5) is 23.7. The van der Waals surface area contributed by atoms with E-state index >= 15 is 0 Å². The Balaban J connectivity index is 1.83. The molecule has 0 unspecified atom stereocenters. The van der Waals surface area contributed by atoms with Gasteiger partial charge in [0.2, 0.25) is 11.2 Å². The van der Waals surface area contributed by atoms with Crippen molar-refractivity contribution in [1.82, 2.24) is 0 Å². The van der Waals surface area contributed by atoms with Crippen molar-refractivity contribution >= 4 is 5.97 Å². The van der Waals surface area contributed by atoms with Crippen molar-refractivity contribution in [2.45, 2.75) is 33.3 Å². The molecule has 0 N–H and O–H groups in total. The number of benzene rings is 1. The molecule has 0 amide bonds. The summed E-state index contributed by atoms with van der Waals surface area (Å²) in [5.74, 6) is 0.592. The largest absolute Gasteiger partial charge is 0.487 e.